The van der Waals surface area contributed by atoms with E-state index >= 15 is 0 Å². The largest absolute Gasteiger partial charge is 0.418 e. The van der Waals surface area contributed by atoms with Crippen molar-refractivity contribution in [3.8, 4) is 0 Å². The normalized spacial score (nSPS) is 12.1. The van der Waals surface area contributed by atoms with Gasteiger partial charge in [-0.25, -0.2) is 0 Å². The maximum absolute atomic E-state index is 12.5. The topological polar surface area (TPSA) is 74.8 Å². The fourth-order valence-electron chi connectivity index (χ4n) is 1.17. The van der Waals surface area contributed by atoms with Crippen LogP contribution >= 0.6 is 0 Å². The third-order valence-corrected chi connectivity index (χ3v) is 1.94. The van der Waals surface area contributed by atoms with Crippen molar-refractivity contribution in [3.05, 3.63) is 33.7 Å². The molecule has 0 fully saturated rings. The number of hydrogen-bond donors (Lipinski definition) is 1. The highest BCUT2D eigenvalue weighted by molar-refractivity contribution is 5.69. The smallest absolute Gasteiger partial charge is 0.398 e. The summed E-state index contributed by atoms with van der Waals surface area (Å²) >= 11 is 0. The van der Waals surface area contributed by atoms with Gasteiger partial charge in [0.05, 0.1) is 22.5 Å². The molecule has 10 heteroatoms. The molecule has 0 saturated carbocycles. The van der Waals surface area contributed by atoms with Crippen molar-refractivity contribution in [2.24, 2.45) is 5.11 Å². The first-order chi connectivity index (χ1) is 8.07. The van der Waals surface area contributed by atoms with Crippen LogP contribution in [-0.4, -0.2) is 0 Å². The lowest BCUT2D eigenvalue weighted by Gasteiger charge is -2.15. The van der Waals surface area contributed by atoms with Crippen molar-refractivity contribution in [2.45, 2.75) is 12.4 Å². The van der Waals surface area contributed by atoms with Crippen LogP contribution < -0.4 is 5.73 Å². The van der Waals surface area contributed by atoms with Crippen LogP contribution in [0.15, 0.2) is 17.2 Å². The number of benzene rings is 1. The minimum atomic E-state index is -5.08. The lowest BCUT2D eigenvalue weighted by Crippen LogP contribution is -2.13. The first-order valence-corrected chi connectivity index (χ1v) is 4.20. The molecule has 0 radical (unpaired) electrons. The Kier molecular flexibility index (Phi) is 3.34. The number of nitrogen functional groups attached to an aromatic ring is 1. The second-order valence-electron chi connectivity index (χ2n) is 3.14. The zero-order chi connectivity index (χ0) is 14.1. The first kappa shape index (κ1) is 14.0. The quantitative estimate of drug-likeness (QED) is 0.267. The van der Waals surface area contributed by atoms with E-state index in [4.69, 9.17) is 11.3 Å². The number of azide groups is 1. The Labute approximate surface area is 95.6 Å². The van der Waals surface area contributed by atoms with Crippen LogP contribution in [0.5, 0.6) is 0 Å². The molecule has 0 aliphatic rings. The molecular formula is C8H4F6N4. The predicted molar refractivity (Wildman–Crippen MR) is 49.7 cm³/mol. The average molecular weight is 270 g/mol. The number of nitrogens with two attached hydrogens (primary N) is 1. The SMILES string of the molecule is [N-]=[N+]=Nc1cc(C(F)(F)F)cc(C(F)(F)F)c1N. The summed E-state index contributed by atoms with van der Waals surface area (Å²) in [6.07, 6.45) is -10.1. The van der Waals surface area contributed by atoms with Gasteiger partial charge in [-0.2, -0.15) is 26.3 Å². The fourth-order valence-corrected chi connectivity index (χ4v) is 1.17. The minimum Gasteiger partial charge on any atom is -0.398 e. The lowest BCUT2D eigenvalue weighted by atomic mass is 10.1. The number of nitrogens with zero attached hydrogens (tertiary/aromatic N) is 3. The first-order valence-electron chi connectivity index (χ1n) is 4.20. The second-order valence-corrected chi connectivity index (χ2v) is 3.14. The van der Waals surface area contributed by atoms with Crippen molar-refractivity contribution in [1.82, 2.24) is 0 Å². The monoisotopic (exact) mass is 270 g/mol. The number of halogens is 6. The highest BCUT2D eigenvalue weighted by Gasteiger charge is 2.38. The van der Waals surface area contributed by atoms with Crippen molar-refractivity contribution < 1.29 is 26.3 Å². The Morgan fingerprint density at radius 3 is 2.00 bits per heavy atom. The Morgan fingerprint density at radius 1 is 1.06 bits per heavy atom. The van der Waals surface area contributed by atoms with E-state index in [9.17, 15) is 26.3 Å². The summed E-state index contributed by atoms with van der Waals surface area (Å²) in [5.41, 5.74) is 7.84. The maximum atomic E-state index is 12.5. The van der Waals surface area contributed by atoms with Crippen LogP contribution in [-0.2, 0) is 12.4 Å². The zero-order valence-electron chi connectivity index (χ0n) is 8.34. The highest BCUT2D eigenvalue weighted by Crippen LogP contribution is 2.42. The number of alkyl halides is 6. The minimum absolute atomic E-state index is 0.133. The molecule has 0 heterocycles. The fraction of sp³-hybridized carbons (Fsp3) is 0.250. The van der Waals surface area contributed by atoms with E-state index in [0.29, 0.717) is 0 Å². The van der Waals surface area contributed by atoms with Crippen LogP contribution in [0.2, 0.25) is 0 Å². The van der Waals surface area contributed by atoms with E-state index in [-0.39, 0.29) is 12.1 Å². The van der Waals surface area contributed by atoms with Crippen LogP contribution in [0.1, 0.15) is 11.1 Å². The zero-order valence-corrected chi connectivity index (χ0v) is 8.34. The molecule has 0 unspecified atom stereocenters. The summed E-state index contributed by atoms with van der Waals surface area (Å²) in [5, 5.41) is 2.71. The highest BCUT2D eigenvalue weighted by atomic mass is 19.4. The van der Waals surface area contributed by atoms with Crippen LogP contribution in [0.25, 0.3) is 10.4 Å². The standard InChI is InChI=1S/C8H4F6N4/c9-7(10,11)3-1-4(8(12,13)14)6(15)5(2-3)17-18-16/h1-2H,15H2. The Hall–Kier alpha value is -2.09. The van der Waals surface area contributed by atoms with Gasteiger partial charge in [0.1, 0.15) is 0 Å². The molecule has 0 aromatic heterocycles. The summed E-state index contributed by atoms with van der Waals surface area (Å²) in [4.78, 5) is 2.12. The van der Waals surface area contributed by atoms with E-state index in [1.807, 2.05) is 0 Å². The van der Waals surface area contributed by atoms with E-state index in [2.05, 4.69) is 10.0 Å². The number of hydrogen-bond acceptors (Lipinski definition) is 2. The molecule has 2 N–H and O–H groups in total. The van der Waals surface area contributed by atoms with Gasteiger partial charge in [0.15, 0.2) is 0 Å². The van der Waals surface area contributed by atoms with Gasteiger partial charge in [-0.15, -0.1) is 0 Å². The molecule has 0 saturated heterocycles. The second kappa shape index (κ2) is 4.30. The third-order valence-electron chi connectivity index (χ3n) is 1.94. The molecule has 0 bridgehead atoms. The molecule has 0 aliphatic carbocycles. The van der Waals surface area contributed by atoms with E-state index in [1.165, 1.54) is 0 Å². The van der Waals surface area contributed by atoms with Crippen LogP contribution in [0, 0.1) is 0 Å². The van der Waals surface area contributed by atoms with E-state index < -0.39 is 34.9 Å². The Balaban J connectivity index is 3.62. The maximum Gasteiger partial charge on any atom is 0.418 e. The van der Waals surface area contributed by atoms with Gasteiger partial charge >= 0.3 is 12.4 Å². The van der Waals surface area contributed by atoms with Gasteiger partial charge in [-0.3, -0.25) is 0 Å². The average Bonchev–Trinajstić information content (AvgIpc) is 2.17. The summed E-state index contributed by atoms with van der Waals surface area (Å²) in [6.45, 7) is 0. The number of anilines is 1. The van der Waals surface area contributed by atoms with Crippen molar-refractivity contribution >= 4 is 11.4 Å². The molecule has 18 heavy (non-hydrogen) atoms. The molecule has 0 aliphatic heterocycles. The van der Waals surface area contributed by atoms with Crippen molar-refractivity contribution in [3.63, 3.8) is 0 Å². The molecule has 0 amide bonds. The van der Waals surface area contributed by atoms with Crippen molar-refractivity contribution in [2.75, 3.05) is 5.73 Å². The molecule has 0 atom stereocenters. The van der Waals surface area contributed by atoms with Crippen LogP contribution in [0.4, 0.5) is 37.7 Å². The molecule has 4 nitrogen and oxygen atoms in total. The van der Waals surface area contributed by atoms with E-state index in [1.54, 1.807) is 0 Å². The Morgan fingerprint density at radius 2 is 1.61 bits per heavy atom. The third kappa shape index (κ3) is 2.77. The van der Waals surface area contributed by atoms with Gasteiger partial charge in [-0.1, -0.05) is 5.11 Å². The molecule has 1 aromatic rings. The van der Waals surface area contributed by atoms with Gasteiger partial charge < -0.3 is 5.73 Å². The molecular weight excluding hydrogens is 266 g/mol. The van der Waals surface area contributed by atoms with Gasteiger partial charge in [0, 0.05) is 4.91 Å². The molecule has 1 rings (SSSR count). The number of rotatable bonds is 1. The summed E-state index contributed by atoms with van der Waals surface area (Å²) < 4.78 is 74.5. The summed E-state index contributed by atoms with van der Waals surface area (Å²) in [6, 6.07) is 0.121. The lowest BCUT2D eigenvalue weighted by molar-refractivity contribution is -0.142. The van der Waals surface area contributed by atoms with Gasteiger partial charge in [-0.05, 0) is 17.7 Å². The summed E-state index contributed by atoms with van der Waals surface area (Å²) in [5.74, 6) is 0. The van der Waals surface area contributed by atoms with E-state index in [0.717, 1.165) is 0 Å². The van der Waals surface area contributed by atoms with Gasteiger partial charge in [0.2, 0.25) is 0 Å². The molecule has 98 valence electrons. The molecule has 0 spiro atoms. The Bertz CT molecular complexity index is 512. The van der Waals surface area contributed by atoms with Gasteiger partial charge in [0.25, 0.3) is 0 Å². The molecule has 1 aromatic carbocycles. The summed E-state index contributed by atoms with van der Waals surface area (Å²) in [7, 11) is 0. The predicted octanol–water partition coefficient (Wildman–Crippen LogP) is 4.25. The van der Waals surface area contributed by atoms with Crippen molar-refractivity contribution in [1.29, 1.82) is 0 Å². The van der Waals surface area contributed by atoms with Crippen LogP contribution in [0.3, 0.4) is 0 Å².